The smallest absolute Gasteiger partial charge is 0.407 e. The molecule has 0 aromatic heterocycles. The number of thioether (sulfide) groups is 1. The number of nitro groups is 1. The molecule has 0 spiro atoms. The molecule has 2 rings (SSSR count). The maximum atomic E-state index is 13.4. The fraction of sp³-hybridized carbons (Fsp3) is 0.448. The summed E-state index contributed by atoms with van der Waals surface area (Å²) in [5.41, 5.74) is 0.887. The first-order chi connectivity index (χ1) is 19.8. The van der Waals surface area contributed by atoms with E-state index in [1.54, 1.807) is 25.7 Å². The summed E-state index contributed by atoms with van der Waals surface area (Å²) in [6.07, 6.45) is 0.0307. The number of benzene rings is 2. The minimum absolute atomic E-state index is 0.0613. The molecular weight excluding hydrogens is 562 g/mol. The van der Waals surface area contributed by atoms with Gasteiger partial charge >= 0.3 is 12.1 Å². The fourth-order valence-electron chi connectivity index (χ4n) is 3.75. The number of hydrogen-bond donors (Lipinski definition) is 3. The van der Waals surface area contributed by atoms with Crippen molar-refractivity contribution >= 4 is 40.6 Å². The van der Waals surface area contributed by atoms with Crippen LogP contribution in [0.4, 0.5) is 15.3 Å². The molecule has 12 nitrogen and oxygen atoms in total. The van der Waals surface area contributed by atoms with Gasteiger partial charge in [0, 0.05) is 57.4 Å². The van der Waals surface area contributed by atoms with Gasteiger partial charge in [0.1, 0.15) is 11.6 Å². The summed E-state index contributed by atoms with van der Waals surface area (Å²) in [5.74, 6) is -0.0959. The Balaban J connectivity index is 2.12. The lowest BCUT2D eigenvalue weighted by molar-refractivity contribution is -0.384. The number of urea groups is 1. The number of nitro benzene ring substituents is 1. The van der Waals surface area contributed by atoms with E-state index in [9.17, 15) is 29.3 Å². The maximum absolute atomic E-state index is 13.4. The monoisotopic (exact) mass is 601 g/mol. The topological polar surface area (TPSA) is 160 Å². The van der Waals surface area contributed by atoms with Gasteiger partial charge in [-0.3, -0.25) is 19.7 Å². The lowest BCUT2D eigenvalue weighted by Gasteiger charge is -2.26. The number of rotatable bonds is 14. The van der Waals surface area contributed by atoms with Crippen LogP contribution in [0.15, 0.2) is 54.6 Å². The average Bonchev–Trinajstić information content (AvgIpc) is 2.92. The van der Waals surface area contributed by atoms with Crippen molar-refractivity contribution < 1.29 is 28.8 Å². The number of carbonyl (C=O) groups is 4. The van der Waals surface area contributed by atoms with Crippen molar-refractivity contribution in [1.82, 2.24) is 20.9 Å². The van der Waals surface area contributed by atoms with Gasteiger partial charge in [0.25, 0.3) is 5.69 Å². The second-order valence-electron chi connectivity index (χ2n) is 10.4. The molecule has 0 aliphatic rings. The zero-order valence-corrected chi connectivity index (χ0v) is 25.2. The molecule has 0 bridgehead atoms. The van der Waals surface area contributed by atoms with Gasteiger partial charge in [-0.25, -0.2) is 9.59 Å². The number of nitrogens with zero attached hydrogens (tertiary/aromatic N) is 2. The first-order valence-electron chi connectivity index (χ1n) is 13.5. The van der Waals surface area contributed by atoms with Gasteiger partial charge in [0.05, 0.1) is 4.92 Å². The average molecular weight is 602 g/mol. The molecule has 0 aliphatic heterocycles. The predicted octanol–water partition coefficient (Wildman–Crippen LogP) is 3.68. The van der Waals surface area contributed by atoms with E-state index in [1.165, 1.54) is 31.2 Å². The Kier molecular flexibility index (Phi) is 13.8. The third-order valence-electron chi connectivity index (χ3n) is 5.76. The van der Waals surface area contributed by atoms with E-state index in [2.05, 4.69) is 16.0 Å². The van der Waals surface area contributed by atoms with Crippen LogP contribution in [-0.4, -0.2) is 76.5 Å². The molecule has 1 atom stereocenters. The van der Waals surface area contributed by atoms with Crippen molar-refractivity contribution in [2.75, 3.05) is 31.9 Å². The SMILES string of the molecule is CC(=O)SCCN(CCc1ccccc1)C(=O)N[C@@H](Cc1ccc([N+](=O)[O-])cc1)C(=O)NCCNC(=O)OC(C)(C)C. The zero-order chi connectivity index (χ0) is 31.1. The quantitative estimate of drug-likeness (QED) is 0.168. The van der Waals surface area contributed by atoms with Crippen molar-refractivity contribution in [2.45, 2.75) is 52.2 Å². The highest BCUT2D eigenvalue weighted by atomic mass is 32.2. The molecule has 0 unspecified atom stereocenters. The highest BCUT2D eigenvalue weighted by Gasteiger charge is 2.25. The second kappa shape index (κ2) is 17.0. The van der Waals surface area contributed by atoms with E-state index in [1.807, 2.05) is 30.3 Å². The van der Waals surface area contributed by atoms with Crippen molar-refractivity contribution in [3.63, 3.8) is 0 Å². The standard InChI is InChI=1S/C29H39N5O7S/c1-21(35)42-19-18-33(17-14-22-8-6-5-7-9-22)27(37)32-25(20-23-10-12-24(13-11-23)34(39)40)26(36)30-15-16-31-28(38)41-29(2,3)4/h5-13,25H,14-20H2,1-4H3,(H,30,36)(H,31,38)(H,32,37)/t25-/m0/s1. The van der Waals surface area contributed by atoms with Crippen LogP contribution in [-0.2, 0) is 27.2 Å². The highest BCUT2D eigenvalue weighted by Crippen LogP contribution is 2.14. The lowest BCUT2D eigenvalue weighted by Crippen LogP contribution is -2.53. The molecule has 0 saturated carbocycles. The van der Waals surface area contributed by atoms with E-state index in [0.717, 1.165) is 17.3 Å². The van der Waals surface area contributed by atoms with E-state index in [4.69, 9.17) is 4.74 Å². The Morgan fingerprint density at radius 1 is 0.952 bits per heavy atom. The van der Waals surface area contributed by atoms with Crippen LogP contribution in [0.5, 0.6) is 0 Å². The van der Waals surface area contributed by atoms with Gasteiger partial charge in [0.2, 0.25) is 5.91 Å². The summed E-state index contributed by atoms with van der Waals surface area (Å²) in [7, 11) is 0. The number of hydrogen-bond acceptors (Lipinski definition) is 8. The highest BCUT2D eigenvalue weighted by molar-refractivity contribution is 8.13. The van der Waals surface area contributed by atoms with E-state index in [0.29, 0.717) is 24.3 Å². The second-order valence-corrected chi connectivity index (χ2v) is 11.7. The molecule has 42 heavy (non-hydrogen) atoms. The molecule has 0 saturated heterocycles. The first kappa shape index (κ1) is 34.1. The molecule has 0 heterocycles. The van der Waals surface area contributed by atoms with Crippen LogP contribution in [0, 0.1) is 10.1 Å². The number of non-ortho nitro benzene ring substituents is 1. The molecular formula is C29H39N5O7S. The zero-order valence-electron chi connectivity index (χ0n) is 24.4. The lowest BCUT2D eigenvalue weighted by atomic mass is 10.0. The van der Waals surface area contributed by atoms with Crippen molar-refractivity contribution in [2.24, 2.45) is 0 Å². The fourth-order valence-corrected chi connectivity index (χ4v) is 4.35. The summed E-state index contributed by atoms with van der Waals surface area (Å²) in [5, 5.41) is 19.0. The molecule has 0 radical (unpaired) electrons. The van der Waals surface area contributed by atoms with Gasteiger partial charge in [-0.1, -0.05) is 54.2 Å². The van der Waals surface area contributed by atoms with Gasteiger partial charge in [-0.05, 0) is 38.3 Å². The maximum Gasteiger partial charge on any atom is 0.407 e. The Hall–Kier alpha value is -4.13. The Bertz CT molecular complexity index is 1200. The Labute approximate surface area is 250 Å². The van der Waals surface area contributed by atoms with Crippen LogP contribution in [0.3, 0.4) is 0 Å². The minimum atomic E-state index is -1.01. The summed E-state index contributed by atoms with van der Waals surface area (Å²) in [6, 6.07) is 13.9. The third-order valence-corrected chi connectivity index (χ3v) is 6.55. The van der Waals surface area contributed by atoms with Crippen LogP contribution in [0.2, 0.25) is 0 Å². The number of alkyl carbamates (subject to hydrolysis) is 1. The van der Waals surface area contributed by atoms with Crippen LogP contribution in [0.1, 0.15) is 38.8 Å². The number of amides is 4. The van der Waals surface area contributed by atoms with Gasteiger partial charge in [-0.15, -0.1) is 0 Å². The first-order valence-corrected chi connectivity index (χ1v) is 14.5. The molecule has 3 N–H and O–H groups in total. The summed E-state index contributed by atoms with van der Waals surface area (Å²) in [6.45, 7) is 7.50. The van der Waals surface area contributed by atoms with E-state index < -0.39 is 34.6 Å². The third kappa shape index (κ3) is 13.5. The van der Waals surface area contributed by atoms with Gasteiger partial charge in [-0.2, -0.15) is 0 Å². The molecule has 0 fully saturated rings. The Morgan fingerprint density at radius 3 is 2.19 bits per heavy atom. The van der Waals surface area contributed by atoms with Crippen LogP contribution in [0.25, 0.3) is 0 Å². The Morgan fingerprint density at radius 2 is 1.60 bits per heavy atom. The van der Waals surface area contributed by atoms with Gasteiger partial charge < -0.3 is 25.6 Å². The molecule has 2 aromatic rings. The number of nitrogens with one attached hydrogen (secondary N) is 3. The number of ether oxygens (including phenoxy) is 1. The van der Waals surface area contributed by atoms with Crippen LogP contribution < -0.4 is 16.0 Å². The van der Waals surface area contributed by atoms with E-state index in [-0.39, 0.29) is 36.9 Å². The van der Waals surface area contributed by atoms with Gasteiger partial charge in [0.15, 0.2) is 5.12 Å². The van der Waals surface area contributed by atoms with Crippen LogP contribution >= 0.6 is 11.8 Å². The largest absolute Gasteiger partial charge is 0.444 e. The normalized spacial score (nSPS) is 11.6. The predicted molar refractivity (Wildman–Crippen MR) is 161 cm³/mol. The molecule has 2 aromatic carbocycles. The minimum Gasteiger partial charge on any atom is -0.444 e. The van der Waals surface area contributed by atoms with Crippen molar-refractivity contribution in [1.29, 1.82) is 0 Å². The molecule has 228 valence electrons. The summed E-state index contributed by atoms with van der Waals surface area (Å²) >= 11 is 1.11. The van der Waals surface area contributed by atoms with E-state index >= 15 is 0 Å². The van der Waals surface area contributed by atoms with Crippen molar-refractivity contribution in [3.05, 3.63) is 75.8 Å². The number of carbonyl (C=O) groups excluding carboxylic acids is 4. The molecule has 0 aliphatic carbocycles. The summed E-state index contributed by atoms with van der Waals surface area (Å²) < 4.78 is 5.18. The molecule has 13 heteroatoms. The van der Waals surface area contributed by atoms with Crippen molar-refractivity contribution in [3.8, 4) is 0 Å². The molecule has 4 amide bonds. The summed E-state index contributed by atoms with van der Waals surface area (Å²) in [4.78, 5) is 62.0.